The lowest BCUT2D eigenvalue weighted by Gasteiger charge is -2.08. The summed E-state index contributed by atoms with van der Waals surface area (Å²) in [5.41, 5.74) is 1.36. The van der Waals surface area contributed by atoms with E-state index < -0.39 is 5.82 Å². The van der Waals surface area contributed by atoms with Gasteiger partial charge in [0.05, 0.1) is 12.8 Å². The first-order chi connectivity index (χ1) is 10.6. The van der Waals surface area contributed by atoms with Gasteiger partial charge in [0.1, 0.15) is 11.6 Å². The lowest BCUT2D eigenvalue weighted by Crippen LogP contribution is -2.09. The van der Waals surface area contributed by atoms with E-state index in [9.17, 15) is 9.18 Å². The molecule has 0 heterocycles. The molecule has 0 aliphatic rings. The zero-order chi connectivity index (χ0) is 15.9. The first kappa shape index (κ1) is 16.1. The zero-order valence-electron chi connectivity index (χ0n) is 12.3. The van der Waals surface area contributed by atoms with Gasteiger partial charge in [0, 0.05) is 17.0 Å². The van der Waals surface area contributed by atoms with Gasteiger partial charge in [-0.05, 0) is 42.2 Å². The molecule has 5 heteroatoms. The number of halogens is 1. The van der Waals surface area contributed by atoms with E-state index in [1.165, 1.54) is 31.4 Å². The van der Waals surface area contributed by atoms with Crippen LogP contribution in [0.15, 0.2) is 53.4 Å². The first-order valence-corrected chi connectivity index (χ1v) is 7.81. The van der Waals surface area contributed by atoms with Gasteiger partial charge >= 0.3 is 0 Å². The molecule has 0 aliphatic heterocycles. The smallest absolute Gasteiger partial charge is 0.248 e. The third kappa shape index (κ3) is 4.36. The van der Waals surface area contributed by atoms with E-state index in [0.29, 0.717) is 5.69 Å². The number of methoxy groups -OCH3 is 1. The van der Waals surface area contributed by atoms with E-state index in [1.807, 2.05) is 30.5 Å². The fourth-order valence-corrected chi connectivity index (χ4v) is 2.24. The van der Waals surface area contributed by atoms with E-state index in [4.69, 9.17) is 4.74 Å². The van der Waals surface area contributed by atoms with Gasteiger partial charge in [-0.3, -0.25) is 4.79 Å². The van der Waals surface area contributed by atoms with Crippen molar-refractivity contribution in [2.45, 2.75) is 4.90 Å². The first-order valence-electron chi connectivity index (χ1n) is 6.59. The minimum absolute atomic E-state index is 0.283. The van der Waals surface area contributed by atoms with Crippen LogP contribution >= 0.6 is 11.8 Å². The molecule has 0 spiro atoms. The summed E-state index contributed by atoms with van der Waals surface area (Å²) in [6.07, 6.45) is 5.15. The predicted octanol–water partition coefficient (Wildman–Crippen LogP) is 4.21. The largest absolute Gasteiger partial charge is 0.494 e. The number of carbonyl (C=O) groups excluding carboxylic acids is 1. The molecular formula is C17H16FNO2S. The Bertz CT molecular complexity index is 684. The Balaban J connectivity index is 2.04. The molecule has 1 amide bonds. The Morgan fingerprint density at radius 2 is 1.95 bits per heavy atom. The summed E-state index contributed by atoms with van der Waals surface area (Å²) in [6.45, 7) is 0. The van der Waals surface area contributed by atoms with Gasteiger partial charge in [0.25, 0.3) is 0 Å². The predicted molar refractivity (Wildman–Crippen MR) is 88.8 cm³/mol. The van der Waals surface area contributed by atoms with Crippen LogP contribution in [0.2, 0.25) is 0 Å². The van der Waals surface area contributed by atoms with Crippen molar-refractivity contribution >= 4 is 29.4 Å². The number of rotatable bonds is 5. The number of carbonyl (C=O) groups is 1. The number of amides is 1. The number of nitrogens with one attached hydrogen (secondary N) is 1. The third-order valence-electron chi connectivity index (χ3n) is 2.96. The molecule has 0 fully saturated rings. The summed E-state index contributed by atoms with van der Waals surface area (Å²) in [6, 6.07) is 11.8. The maximum absolute atomic E-state index is 13.1. The fraction of sp³-hybridized carbons (Fsp3) is 0.118. The summed E-state index contributed by atoms with van der Waals surface area (Å²) in [4.78, 5) is 13.1. The van der Waals surface area contributed by atoms with Crippen LogP contribution in [0.25, 0.3) is 6.08 Å². The van der Waals surface area contributed by atoms with Crippen LogP contribution in [0.5, 0.6) is 5.75 Å². The van der Waals surface area contributed by atoms with Crippen molar-refractivity contribution in [3.8, 4) is 5.75 Å². The summed E-state index contributed by atoms with van der Waals surface area (Å²) in [5, 5.41) is 2.66. The molecule has 2 aromatic rings. The van der Waals surface area contributed by atoms with E-state index >= 15 is 0 Å². The Kier molecular flexibility index (Phi) is 5.61. The van der Waals surface area contributed by atoms with Gasteiger partial charge in [-0.15, -0.1) is 11.8 Å². The molecule has 0 bridgehead atoms. The maximum Gasteiger partial charge on any atom is 0.248 e. The van der Waals surface area contributed by atoms with Crippen molar-refractivity contribution in [3.63, 3.8) is 0 Å². The highest BCUT2D eigenvalue weighted by Crippen LogP contribution is 2.24. The second-order valence-corrected chi connectivity index (χ2v) is 5.32. The normalized spacial score (nSPS) is 10.7. The lowest BCUT2D eigenvalue weighted by atomic mass is 10.2. The highest BCUT2D eigenvalue weighted by Gasteiger charge is 2.06. The van der Waals surface area contributed by atoms with Crippen LogP contribution in [0.3, 0.4) is 0 Å². The van der Waals surface area contributed by atoms with Crippen LogP contribution in [0.1, 0.15) is 5.56 Å². The molecule has 0 atom stereocenters. The second-order valence-electron chi connectivity index (χ2n) is 4.44. The monoisotopic (exact) mass is 317 g/mol. The van der Waals surface area contributed by atoms with Gasteiger partial charge < -0.3 is 10.1 Å². The van der Waals surface area contributed by atoms with Crippen molar-refractivity contribution in [2.24, 2.45) is 0 Å². The second kappa shape index (κ2) is 7.66. The van der Waals surface area contributed by atoms with Gasteiger partial charge in [-0.25, -0.2) is 4.39 Å². The average molecular weight is 317 g/mol. The maximum atomic E-state index is 13.1. The van der Waals surface area contributed by atoms with Crippen molar-refractivity contribution in [1.82, 2.24) is 0 Å². The van der Waals surface area contributed by atoms with Crippen molar-refractivity contribution in [3.05, 3.63) is 59.9 Å². The van der Waals surface area contributed by atoms with Crippen LogP contribution in [-0.2, 0) is 4.79 Å². The van der Waals surface area contributed by atoms with Crippen LogP contribution in [0.4, 0.5) is 10.1 Å². The van der Waals surface area contributed by atoms with Gasteiger partial charge in [-0.2, -0.15) is 0 Å². The van der Waals surface area contributed by atoms with E-state index in [1.54, 1.807) is 17.8 Å². The number of hydrogen-bond acceptors (Lipinski definition) is 3. The topological polar surface area (TPSA) is 38.3 Å². The molecule has 0 aliphatic carbocycles. The molecule has 0 aromatic heterocycles. The van der Waals surface area contributed by atoms with Crippen LogP contribution in [-0.4, -0.2) is 19.3 Å². The Hall–Kier alpha value is -2.27. The van der Waals surface area contributed by atoms with E-state index in [0.717, 1.165) is 10.5 Å². The number of ether oxygens (including phenoxy) is 1. The van der Waals surface area contributed by atoms with Crippen LogP contribution < -0.4 is 10.1 Å². The fourth-order valence-electron chi connectivity index (χ4n) is 1.83. The molecule has 3 nitrogen and oxygen atoms in total. The molecule has 2 aromatic carbocycles. The minimum atomic E-state index is -0.417. The standard InChI is InChI=1S/C17H16FNO2S/c1-21-16-11-13(18)6-9-15(16)19-17(20)10-5-12-3-7-14(22-2)8-4-12/h3-11H,1-2H3,(H,19,20)/b10-5+. The molecule has 0 saturated carbocycles. The number of benzene rings is 2. The van der Waals surface area contributed by atoms with Crippen molar-refractivity contribution in [1.29, 1.82) is 0 Å². The summed E-state index contributed by atoms with van der Waals surface area (Å²) in [5.74, 6) is -0.441. The highest BCUT2D eigenvalue weighted by atomic mass is 32.2. The minimum Gasteiger partial charge on any atom is -0.494 e. The molecule has 0 unspecified atom stereocenters. The zero-order valence-corrected chi connectivity index (χ0v) is 13.1. The quantitative estimate of drug-likeness (QED) is 0.663. The Morgan fingerprint density at radius 3 is 2.59 bits per heavy atom. The van der Waals surface area contributed by atoms with Gasteiger partial charge in [0.15, 0.2) is 0 Å². The molecular weight excluding hydrogens is 301 g/mol. The molecule has 1 N–H and O–H groups in total. The molecule has 0 radical (unpaired) electrons. The lowest BCUT2D eigenvalue weighted by molar-refractivity contribution is -0.111. The van der Waals surface area contributed by atoms with Gasteiger partial charge in [0.2, 0.25) is 5.91 Å². The molecule has 22 heavy (non-hydrogen) atoms. The molecule has 2 rings (SSSR count). The van der Waals surface area contributed by atoms with Gasteiger partial charge in [-0.1, -0.05) is 12.1 Å². The molecule has 0 saturated heterocycles. The average Bonchev–Trinajstić information content (AvgIpc) is 2.55. The number of thioether (sulfide) groups is 1. The van der Waals surface area contributed by atoms with Crippen LogP contribution in [0, 0.1) is 5.82 Å². The summed E-state index contributed by atoms with van der Waals surface area (Å²) < 4.78 is 18.1. The Morgan fingerprint density at radius 1 is 1.23 bits per heavy atom. The Labute approximate surface area is 133 Å². The number of hydrogen-bond donors (Lipinski definition) is 1. The summed E-state index contributed by atoms with van der Waals surface area (Å²) >= 11 is 1.66. The molecule has 114 valence electrons. The van der Waals surface area contributed by atoms with Crippen molar-refractivity contribution in [2.75, 3.05) is 18.7 Å². The van der Waals surface area contributed by atoms with Crippen molar-refractivity contribution < 1.29 is 13.9 Å². The number of anilines is 1. The highest BCUT2D eigenvalue weighted by molar-refractivity contribution is 7.98. The van der Waals surface area contributed by atoms with E-state index in [2.05, 4.69) is 5.32 Å². The third-order valence-corrected chi connectivity index (χ3v) is 3.71. The summed E-state index contributed by atoms with van der Waals surface area (Å²) in [7, 11) is 1.42. The SMILES string of the molecule is COc1cc(F)ccc1NC(=O)/C=C/c1ccc(SC)cc1. The van der Waals surface area contributed by atoms with E-state index in [-0.39, 0.29) is 11.7 Å².